The lowest BCUT2D eigenvalue weighted by atomic mass is 10.1. The molecule has 0 aromatic heterocycles. The Kier molecular flexibility index (Phi) is 3.09. The Bertz CT molecular complexity index is 334. The van der Waals surface area contributed by atoms with Gasteiger partial charge in [0.1, 0.15) is 16.4 Å². The van der Waals surface area contributed by atoms with Crippen LogP contribution in [0.25, 0.3) is 0 Å². The predicted octanol–water partition coefficient (Wildman–Crippen LogP) is 2.73. The van der Waals surface area contributed by atoms with E-state index in [4.69, 9.17) is 0 Å². The first kappa shape index (κ1) is 10.3. The lowest BCUT2D eigenvalue weighted by Crippen LogP contribution is -2.01. The lowest BCUT2D eigenvalue weighted by Gasteiger charge is -2.09. The Balaban J connectivity index is 3.15. The van der Waals surface area contributed by atoms with Crippen molar-refractivity contribution in [1.82, 2.24) is 0 Å². The van der Waals surface area contributed by atoms with Gasteiger partial charge in [-0.15, -0.1) is 0 Å². The molecule has 1 unspecified atom stereocenters. The molecule has 3 heteroatoms. The van der Waals surface area contributed by atoms with Gasteiger partial charge in [-0.2, -0.15) is 0 Å². The van der Waals surface area contributed by atoms with Crippen molar-refractivity contribution in [2.75, 3.05) is 0 Å². The van der Waals surface area contributed by atoms with Crippen LogP contribution < -0.4 is 0 Å². The first-order chi connectivity index (χ1) is 6.04. The molecule has 70 valence electrons. The summed E-state index contributed by atoms with van der Waals surface area (Å²) in [5, 5.41) is 9.63. The highest BCUT2D eigenvalue weighted by atomic mass is 79.9. The Morgan fingerprint density at radius 2 is 2.15 bits per heavy atom. The molecule has 0 aliphatic heterocycles. The number of Topliss-reactive ketones (excluding diaryl/α,β-unsaturated/α-hetero) is 1. The van der Waals surface area contributed by atoms with Gasteiger partial charge in [-0.25, -0.2) is 0 Å². The third-order valence-electron chi connectivity index (χ3n) is 1.90. The van der Waals surface area contributed by atoms with E-state index in [1.54, 1.807) is 19.1 Å². The predicted molar refractivity (Wildman–Crippen MR) is 55.2 cm³/mol. The van der Waals surface area contributed by atoms with E-state index >= 15 is 0 Å². The zero-order valence-electron chi connectivity index (χ0n) is 7.54. The van der Waals surface area contributed by atoms with Crippen molar-refractivity contribution in [3.63, 3.8) is 0 Å². The van der Waals surface area contributed by atoms with Gasteiger partial charge in [0.25, 0.3) is 0 Å². The molecule has 1 atom stereocenters. The zero-order valence-corrected chi connectivity index (χ0v) is 9.13. The molecule has 1 N–H and O–H groups in total. The van der Waals surface area contributed by atoms with Gasteiger partial charge in [-0.1, -0.05) is 34.1 Å². The van der Waals surface area contributed by atoms with Crippen LogP contribution in [0.5, 0.6) is 5.75 Å². The molecule has 2 nitrogen and oxygen atoms in total. The second kappa shape index (κ2) is 3.92. The van der Waals surface area contributed by atoms with Gasteiger partial charge in [0, 0.05) is 5.56 Å². The number of aryl methyl sites for hydroxylation is 1. The van der Waals surface area contributed by atoms with E-state index in [-0.39, 0.29) is 11.5 Å². The average Bonchev–Trinajstić information content (AvgIpc) is 2.08. The number of para-hydroxylation sites is 1. The first-order valence-electron chi connectivity index (χ1n) is 3.97. The molecule has 1 rings (SSSR count). The Hall–Kier alpha value is -0.830. The molecule has 1 aromatic rings. The number of aromatic hydroxyl groups is 1. The average molecular weight is 243 g/mol. The van der Waals surface area contributed by atoms with Crippen molar-refractivity contribution in [2.24, 2.45) is 0 Å². The van der Waals surface area contributed by atoms with Gasteiger partial charge >= 0.3 is 0 Å². The van der Waals surface area contributed by atoms with Crippen molar-refractivity contribution in [1.29, 1.82) is 0 Å². The van der Waals surface area contributed by atoms with Crippen molar-refractivity contribution >= 4 is 21.7 Å². The summed E-state index contributed by atoms with van der Waals surface area (Å²) in [5.74, 6) is 0.181. The van der Waals surface area contributed by atoms with Gasteiger partial charge in [-0.05, 0) is 19.4 Å². The van der Waals surface area contributed by atoms with Crippen LogP contribution in [0.1, 0.15) is 22.9 Å². The molecule has 0 bridgehead atoms. The summed E-state index contributed by atoms with van der Waals surface area (Å²) in [4.78, 5) is 10.6. The van der Waals surface area contributed by atoms with Crippen LogP contribution in [0.15, 0.2) is 18.2 Å². The summed E-state index contributed by atoms with van der Waals surface area (Å²) in [7, 11) is 0. The second-order valence-electron chi connectivity index (χ2n) is 2.99. The summed E-state index contributed by atoms with van der Waals surface area (Å²) in [6.45, 7) is 3.29. The highest BCUT2D eigenvalue weighted by molar-refractivity contribution is 9.09. The van der Waals surface area contributed by atoms with E-state index in [2.05, 4.69) is 15.9 Å². The number of hydrogen-bond donors (Lipinski definition) is 1. The summed E-state index contributed by atoms with van der Waals surface area (Å²) < 4.78 is 0. The molecule has 0 aliphatic rings. The van der Waals surface area contributed by atoms with Crippen LogP contribution in [0.2, 0.25) is 0 Å². The van der Waals surface area contributed by atoms with Crippen LogP contribution >= 0.6 is 15.9 Å². The Morgan fingerprint density at radius 3 is 2.69 bits per heavy atom. The minimum atomic E-state index is -0.410. The fourth-order valence-electron chi connectivity index (χ4n) is 1.11. The molecule has 0 saturated heterocycles. The van der Waals surface area contributed by atoms with Crippen LogP contribution in [-0.2, 0) is 4.79 Å². The van der Waals surface area contributed by atoms with E-state index in [9.17, 15) is 9.90 Å². The quantitative estimate of drug-likeness (QED) is 0.811. The molecule has 0 fully saturated rings. The van der Waals surface area contributed by atoms with Crippen LogP contribution in [-0.4, -0.2) is 10.9 Å². The minimum absolute atomic E-state index is 0.0131. The van der Waals surface area contributed by atoms with Crippen LogP contribution in [0, 0.1) is 6.92 Å². The lowest BCUT2D eigenvalue weighted by molar-refractivity contribution is -0.116. The number of carbonyl (C=O) groups excluding carboxylic acids is 1. The molecule has 1 aromatic carbocycles. The van der Waals surface area contributed by atoms with E-state index < -0.39 is 4.83 Å². The number of alkyl halides is 1. The highest BCUT2D eigenvalue weighted by Crippen LogP contribution is 2.32. The zero-order chi connectivity index (χ0) is 10.0. The minimum Gasteiger partial charge on any atom is -0.507 e. The summed E-state index contributed by atoms with van der Waals surface area (Å²) in [6, 6.07) is 5.36. The number of ketones is 1. The fraction of sp³-hybridized carbons (Fsp3) is 0.300. The monoisotopic (exact) mass is 242 g/mol. The molecule has 0 aliphatic carbocycles. The molecule has 0 radical (unpaired) electrons. The number of rotatable bonds is 2. The largest absolute Gasteiger partial charge is 0.507 e. The van der Waals surface area contributed by atoms with Crippen molar-refractivity contribution in [3.8, 4) is 5.75 Å². The molecule has 0 amide bonds. The van der Waals surface area contributed by atoms with Gasteiger partial charge in [0.2, 0.25) is 0 Å². The number of benzene rings is 1. The topological polar surface area (TPSA) is 37.3 Å². The van der Waals surface area contributed by atoms with Gasteiger partial charge < -0.3 is 5.11 Å². The highest BCUT2D eigenvalue weighted by Gasteiger charge is 2.16. The molecule has 13 heavy (non-hydrogen) atoms. The second-order valence-corrected chi connectivity index (χ2v) is 3.90. The van der Waals surface area contributed by atoms with Gasteiger partial charge in [-0.3, -0.25) is 4.79 Å². The number of phenols is 1. The normalized spacial score (nSPS) is 12.5. The van der Waals surface area contributed by atoms with Gasteiger partial charge in [0.05, 0.1) is 0 Å². The Labute approximate surface area is 85.7 Å². The third-order valence-corrected chi connectivity index (χ3v) is 3.04. The summed E-state index contributed by atoms with van der Waals surface area (Å²) in [5.41, 5.74) is 1.41. The van der Waals surface area contributed by atoms with Crippen LogP contribution in [0.3, 0.4) is 0 Å². The van der Waals surface area contributed by atoms with E-state index in [1.807, 2.05) is 6.07 Å². The van der Waals surface area contributed by atoms with Gasteiger partial charge in [0.15, 0.2) is 0 Å². The number of hydrogen-bond acceptors (Lipinski definition) is 2. The standard InChI is InChI=1S/C10H11BrO2/c1-6-4-3-5-8(10(6)13)9(11)7(2)12/h3-5,9,13H,1-2H3. The SMILES string of the molecule is CC(=O)C(Br)c1cccc(C)c1O. The molecular formula is C10H11BrO2. The van der Waals surface area contributed by atoms with E-state index in [1.165, 1.54) is 6.92 Å². The molecule has 0 heterocycles. The first-order valence-corrected chi connectivity index (χ1v) is 4.88. The maximum atomic E-state index is 11.0. The number of phenolic OH excluding ortho intramolecular Hbond substituents is 1. The van der Waals surface area contributed by atoms with E-state index in [0.717, 1.165) is 5.56 Å². The summed E-state index contributed by atoms with van der Waals surface area (Å²) in [6.07, 6.45) is 0. The van der Waals surface area contributed by atoms with Crippen molar-refractivity contribution < 1.29 is 9.90 Å². The smallest absolute Gasteiger partial charge is 0.147 e. The molecule has 0 spiro atoms. The van der Waals surface area contributed by atoms with Crippen LogP contribution in [0.4, 0.5) is 0 Å². The maximum Gasteiger partial charge on any atom is 0.147 e. The maximum absolute atomic E-state index is 11.0. The fourth-order valence-corrected chi connectivity index (χ4v) is 1.47. The van der Waals surface area contributed by atoms with Crippen molar-refractivity contribution in [2.45, 2.75) is 18.7 Å². The number of halogens is 1. The molecular weight excluding hydrogens is 232 g/mol. The number of carbonyl (C=O) groups is 1. The third kappa shape index (κ3) is 2.10. The molecule has 0 saturated carbocycles. The Morgan fingerprint density at radius 1 is 1.54 bits per heavy atom. The van der Waals surface area contributed by atoms with Crippen molar-refractivity contribution in [3.05, 3.63) is 29.3 Å². The van der Waals surface area contributed by atoms with E-state index in [0.29, 0.717) is 5.56 Å². The summed E-state index contributed by atoms with van der Waals surface area (Å²) >= 11 is 3.23.